The van der Waals surface area contributed by atoms with Gasteiger partial charge in [0.25, 0.3) is 0 Å². The van der Waals surface area contributed by atoms with Crippen LogP contribution in [0.1, 0.15) is 31.0 Å². The maximum atomic E-state index is 11.7. The average molecular weight is 286 g/mol. The Balaban J connectivity index is 2.00. The van der Waals surface area contributed by atoms with Crippen molar-refractivity contribution >= 4 is 0 Å². The molecule has 1 aromatic heterocycles. The van der Waals surface area contributed by atoms with Crippen LogP contribution >= 0.6 is 0 Å². The lowest BCUT2D eigenvalue weighted by Gasteiger charge is -2.60. The molecule has 2 bridgehead atoms. The zero-order valence-electron chi connectivity index (χ0n) is 12.6. The molecule has 1 aliphatic heterocycles. The van der Waals surface area contributed by atoms with Gasteiger partial charge in [0.05, 0.1) is 11.6 Å². The molecule has 0 radical (unpaired) electrons. The number of nitrogens with one attached hydrogen (secondary N) is 1. The summed E-state index contributed by atoms with van der Waals surface area (Å²) < 4.78 is 0. The average Bonchev–Trinajstić information content (AvgIpc) is 2.41. The summed E-state index contributed by atoms with van der Waals surface area (Å²) in [7, 11) is 2.16. The second kappa shape index (κ2) is 4.31. The molecule has 4 rings (SSSR count). The Kier molecular flexibility index (Phi) is 2.72. The van der Waals surface area contributed by atoms with Crippen LogP contribution in [0.4, 0.5) is 0 Å². The fraction of sp³-hybridized carbons (Fsp3) is 0.588. The van der Waals surface area contributed by atoms with E-state index >= 15 is 0 Å². The minimum atomic E-state index is -0.254. The molecule has 1 saturated heterocycles. The highest BCUT2D eigenvalue weighted by Crippen LogP contribution is 2.56. The molecule has 1 unspecified atom stereocenters. The fourth-order valence-corrected chi connectivity index (χ4v) is 5.11. The Bertz CT molecular complexity index is 678. The summed E-state index contributed by atoms with van der Waals surface area (Å²) in [5.41, 5.74) is 3.50. The summed E-state index contributed by atoms with van der Waals surface area (Å²) in [6.45, 7) is 3.09. The van der Waals surface area contributed by atoms with Gasteiger partial charge in [0.2, 0.25) is 5.56 Å². The number of piperidine rings is 1. The number of fused-ring (bicyclic) bond motifs is 1. The Labute approximate surface area is 124 Å². The predicted octanol–water partition coefficient (Wildman–Crippen LogP) is 1.41. The summed E-state index contributed by atoms with van der Waals surface area (Å²) in [5.74, 6) is 0.556. The van der Waals surface area contributed by atoms with Gasteiger partial charge in [0.15, 0.2) is 0 Å². The van der Waals surface area contributed by atoms with E-state index in [9.17, 15) is 9.90 Å². The van der Waals surface area contributed by atoms with Crippen LogP contribution in [0, 0.1) is 11.8 Å². The van der Waals surface area contributed by atoms with Gasteiger partial charge in [-0.05, 0) is 50.8 Å². The third kappa shape index (κ3) is 1.66. The minimum absolute atomic E-state index is 0.0265. The molecule has 2 N–H and O–H groups in total. The van der Waals surface area contributed by atoms with E-state index in [1.54, 1.807) is 6.07 Å². The highest BCUT2D eigenvalue weighted by Gasteiger charge is 2.57. The number of aliphatic hydroxyl groups is 1. The third-order valence-electron chi connectivity index (χ3n) is 5.82. The SMILES string of the molecule is CC1=C[C@H]2Cc3[nH]c(=O)ccc3[C@@]3(C1)C2[C@@H](O)CCN3C. The van der Waals surface area contributed by atoms with Gasteiger partial charge in [-0.3, -0.25) is 9.69 Å². The normalized spacial score (nSPS) is 38.4. The van der Waals surface area contributed by atoms with Crippen LogP contribution in [0.3, 0.4) is 0 Å². The van der Waals surface area contributed by atoms with Crippen LogP contribution in [0.15, 0.2) is 28.6 Å². The number of aromatic amines is 1. The van der Waals surface area contributed by atoms with E-state index in [1.165, 1.54) is 11.1 Å². The molecule has 0 amide bonds. The van der Waals surface area contributed by atoms with Gasteiger partial charge in [-0.15, -0.1) is 0 Å². The zero-order chi connectivity index (χ0) is 14.8. The summed E-state index contributed by atoms with van der Waals surface area (Å²) in [6, 6.07) is 3.62. The number of pyridine rings is 1. The molecule has 2 heterocycles. The monoisotopic (exact) mass is 286 g/mol. The van der Waals surface area contributed by atoms with E-state index < -0.39 is 0 Å². The molecule has 4 heteroatoms. The van der Waals surface area contributed by atoms with Crippen molar-refractivity contribution in [1.82, 2.24) is 9.88 Å². The number of likely N-dealkylation sites (tertiary alicyclic amines) is 1. The second-order valence-electron chi connectivity index (χ2n) is 7.00. The van der Waals surface area contributed by atoms with Gasteiger partial charge >= 0.3 is 0 Å². The fourth-order valence-electron chi connectivity index (χ4n) is 5.11. The molecule has 0 spiro atoms. The number of nitrogens with zero attached hydrogens (tertiary/aromatic N) is 1. The van der Waals surface area contributed by atoms with Gasteiger partial charge in [0, 0.05) is 24.2 Å². The lowest BCUT2D eigenvalue weighted by molar-refractivity contribution is -0.101. The molecule has 4 nitrogen and oxygen atoms in total. The molecule has 2 aliphatic carbocycles. The lowest BCUT2D eigenvalue weighted by Crippen LogP contribution is -2.63. The first kappa shape index (κ1) is 13.3. The minimum Gasteiger partial charge on any atom is -0.393 e. The first-order valence-electron chi connectivity index (χ1n) is 7.81. The van der Waals surface area contributed by atoms with E-state index in [0.717, 1.165) is 31.5 Å². The van der Waals surface area contributed by atoms with Crippen molar-refractivity contribution in [3.8, 4) is 0 Å². The Hall–Kier alpha value is -1.39. The van der Waals surface area contributed by atoms with Crippen LogP contribution in [-0.4, -0.2) is 34.7 Å². The number of allylic oxidation sites excluding steroid dienone is 1. The molecule has 4 atom stereocenters. The maximum absolute atomic E-state index is 11.7. The molecule has 112 valence electrons. The maximum Gasteiger partial charge on any atom is 0.248 e. The smallest absolute Gasteiger partial charge is 0.248 e. The standard InChI is InChI=1S/C17H22N2O2/c1-10-7-11-8-13-12(3-4-15(21)18-13)17(9-10)16(11)14(20)5-6-19(17)2/h3-4,7,11,14,16,20H,5-6,8-9H2,1-2H3,(H,18,21)/t11-,14-,16?,17-/m0/s1. The van der Waals surface area contributed by atoms with Crippen molar-refractivity contribution in [1.29, 1.82) is 0 Å². The molecular formula is C17H22N2O2. The van der Waals surface area contributed by atoms with Crippen LogP contribution in [-0.2, 0) is 12.0 Å². The van der Waals surface area contributed by atoms with Gasteiger partial charge < -0.3 is 10.1 Å². The van der Waals surface area contributed by atoms with Gasteiger partial charge in [-0.2, -0.15) is 0 Å². The number of aliphatic hydroxyl groups excluding tert-OH is 1. The van der Waals surface area contributed by atoms with E-state index in [1.807, 2.05) is 6.07 Å². The Morgan fingerprint density at radius 2 is 2.24 bits per heavy atom. The summed E-state index contributed by atoms with van der Waals surface area (Å²) in [6.07, 6.45) is 4.68. The van der Waals surface area contributed by atoms with Crippen LogP contribution < -0.4 is 5.56 Å². The lowest BCUT2D eigenvalue weighted by atomic mass is 9.55. The molecule has 1 fully saturated rings. The zero-order valence-corrected chi connectivity index (χ0v) is 12.6. The second-order valence-corrected chi connectivity index (χ2v) is 7.00. The van der Waals surface area contributed by atoms with E-state index in [2.05, 4.69) is 29.9 Å². The topological polar surface area (TPSA) is 56.3 Å². The molecule has 21 heavy (non-hydrogen) atoms. The third-order valence-corrected chi connectivity index (χ3v) is 5.82. The van der Waals surface area contributed by atoms with Crippen LogP contribution in [0.2, 0.25) is 0 Å². The number of H-pyrrole nitrogens is 1. The first-order valence-corrected chi connectivity index (χ1v) is 7.81. The quantitative estimate of drug-likeness (QED) is 0.709. The van der Waals surface area contributed by atoms with E-state index in [0.29, 0.717) is 5.92 Å². The largest absolute Gasteiger partial charge is 0.393 e. The van der Waals surface area contributed by atoms with E-state index in [4.69, 9.17) is 0 Å². The van der Waals surface area contributed by atoms with Crippen molar-refractivity contribution < 1.29 is 5.11 Å². The first-order chi connectivity index (χ1) is 10.0. The highest BCUT2D eigenvalue weighted by molar-refractivity contribution is 5.40. The summed E-state index contributed by atoms with van der Waals surface area (Å²) in [4.78, 5) is 17.1. The van der Waals surface area contributed by atoms with Crippen molar-refractivity contribution in [2.24, 2.45) is 11.8 Å². The predicted molar refractivity (Wildman–Crippen MR) is 81.1 cm³/mol. The molecule has 3 aliphatic rings. The number of hydrogen-bond donors (Lipinski definition) is 2. The highest BCUT2D eigenvalue weighted by atomic mass is 16.3. The molecular weight excluding hydrogens is 264 g/mol. The van der Waals surface area contributed by atoms with Crippen LogP contribution in [0.25, 0.3) is 0 Å². The number of hydrogen-bond acceptors (Lipinski definition) is 3. The van der Waals surface area contributed by atoms with Crippen molar-refractivity contribution in [2.75, 3.05) is 13.6 Å². The van der Waals surface area contributed by atoms with E-state index in [-0.39, 0.29) is 23.1 Å². The van der Waals surface area contributed by atoms with Crippen LogP contribution in [0.5, 0.6) is 0 Å². The Morgan fingerprint density at radius 1 is 1.43 bits per heavy atom. The number of aromatic nitrogens is 1. The summed E-state index contributed by atoms with van der Waals surface area (Å²) >= 11 is 0. The van der Waals surface area contributed by atoms with Gasteiger partial charge in [-0.1, -0.05) is 11.6 Å². The molecule has 1 aromatic rings. The summed E-state index contributed by atoms with van der Waals surface area (Å²) in [5, 5.41) is 10.7. The van der Waals surface area contributed by atoms with Crippen molar-refractivity contribution in [3.05, 3.63) is 45.4 Å². The Morgan fingerprint density at radius 3 is 3.05 bits per heavy atom. The molecule has 0 aromatic carbocycles. The van der Waals surface area contributed by atoms with Crippen molar-refractivity contribution in [3.63, 3.8) is 0 Å². The molecule has 0 saturated carbocycles. The van der Waals surface area contributed by atoms with Crippen molar-refractivity contribution in [2.45, 2.75) is 37.8 Å². The van der Waals surface area contributed by atoms with Gasteiger partial charge in [0.1, 0.15) is 0 Å². The number of rotatable bonds is 0. The van der Waals surface area contributed by atoms with Gasteiger partial charge in [-0.25, -0.2) is 0 Å².